The lowest BCUT2D eigenvalue weighted by Gasteiger charge is -1.95. The standard InChI is InChI=1S/C18H12F2O2/c19-15-5-1-3-13(11-15)7-8-17(21)9-10-18(22)14-4-2-6-16(20)12-14/h1-12H. The van der Waals surface area contributed by atoms with Gasteiger partial charge in [0.2, 0.25) is 0 Å². The Bertz CT molecular complexity index is 761. The quantitative estimate of drug-likeness (QED) is 0.618. The van der Waals surface area contributed by atoms with Crippen LogP contribution in [0.25, 0.3) is 6.08 Å². The van der Waals surface area contributed by atoms with Gasteiger partial charge in [-0.25, -0.2) is 8.78 Å². The fraction of sp³-hybridized carbons (Fsp3) is 0. The minimum absolute atomic E-state index is 0.165. The summed E-state index contributed by atoms with van der Waals surface area (Å²) in [5.74, 6) is -1.80. The molecule has 4 heteroatoms. The van der Waals surface area contributed by atoms with E-state index in [9.17, 15) is 18.4 Å². The van der Waals surface area contributed by atoms with E-state index in [1.807, 2.05) is 0 Å². The Labute approximate surface area is 126 Å². The van der Waals surface area contributed by atoms with Crippen molar-refractivity contribution in [2.75, 3.05) is 0 Å². The summed E-state index contributed by atoms with van der Waals surface area (Å²) in [6.45, 7) is 0. The van der Waals surface area contributed by atoms with Crippen molar-refractivity contribution < 1.29 is 18.4 Å². The molecule has 0 aliphatic rings. The fourth-order valence-electron chi connectivity index (χ4n) is 1.74. The summed E-state index contributed by atoms with van der Waals surface area (Å²) in [6, 6.07) is 11.0. The molecule has 0 amide bonds. The minimum Gasteiger partial charge on any atom is -0.290 e. The third-order valence-corrected chi connectivity index (χ3v) is 2.80. The average molecular weight is 298 g/mol. The topological polar surface area (TPSA) is 34.1 Å². The van der Waals surface area contributed by atoms with Crippen LogP contribution in [0.15, 0.2) is 66.8 Å². The van der Waals surface area contributed by atoms with Crippen LogP contribution in [0.1, 0.15) is 15.9 Å². The molecule has 0 fully saturated rings. The molecule has 22 heavy (non-hydrogen) atoms. The number of benzene rings is 2. The molecule has 2 nitrogen and oxygen atoms in total. The number of allylic oxidation sites excluding steroid dienone is 3. The summed E-state index contributed by atoms with van der Waals surface area (Å²) in [6.07, 6.45) is 4.84. The van der Waals surface area contributed by atoms with Gasteiger partial charge in [-0.3, -0.25) is 9.59 Å². The molecule has 0 aromatic heterocycles. The summed E-state index contributed by atoms with van der Waals surface area (Å²) in [4.78, 5) is 23.4. The van der Waals surface area contributed by atoms with Crippen LogP contribution in [-0.2, 0) is 4.79 Å². The van der Waals surface area contributed by atoms with Gasteiger partial charge in [-0.1, -0.05) is 30.3 Å². The Morgan fingerprint density at radius 1 is 0.818 bits per heavy atom. The average Bonchev–Trinajstić information content (AvgIpc) is 2.50. The highest BCUT2D eigenvalue weighted by Gasteiger charge is 2.03. The van der Waals surface area contributed by atoms with Crippen LogP contribution >= 0.6 is 0 Å². The number of hydrogen-bond donors (Lipinski definition) is 0. The van der Waals surface area contributed by atoms with E-state index in [1.54, 1.807) is 6.07 Å². The molecule has 2 aromatic rings. The lowest BCUT2D eigenvalue weighted by Crippen LogP contribution is -1.96. The normalized spacial score (nSPS) is 11.2. The molecule has 0 radical (unpaired) electrons. The van der Waals surface area contributed by atoms with E-state index < -0.39 is 23.2 Å². The lowest BCUT2D eigenvalue weighted by atomic mass is 10.1. The van der Waals surface area contributed by atoms with Crippen LogP contribution in [0.3, 0.4) is 0 Å². The van der Waals surface area contributed by atoms with Gasteiger partial charge in [-0.15, -0.1) is 0 Å². The maximum atomic E-state index is 13.0. The molecule has 0 heterocycles. The maximum absolute atomic E-state index is 13.0. The van der Waals surface area contributed by atoms with Gasteiger partial charge in [-0.2, -0.15) is 0 Å². The van der Waals surface area contributed by atoms with E-state index in [-0.39, 0.29) is 5.56 Å². The summed E-state index contributed by atoms with van der Waals surface area (Å²) in [7, 11) is 0. The van der Waals surface area contributed by atoms with Crippen LogP contribution < -0.4 is 0 Å². The van der Waals surface area contributed by atoms with E-state index in [2.05, 4.69) is 0 Å². The second-order valence-corrected chi connectivity index (χ2v) is 4.50. The Kier molecular flexibility index (Phi) is 5.09. The molecule has 0 aliphatic heterocycles. The van der Waals surface area contributed by atoms with Crippen molar-refractivity contribution >= 4 is 17.6 Å². The highest BCUT2D eigenvalue weighted by Crippen LogP contribution is 2.07. The first kappa shape index (κ1) is 15.5. The third-order valence-electron chi connectivity index (χ3n) is 2.80. The van der Waals surface area contributed by atoms with Gasteiger partial charge in [0.15, 0.2) is 11.6 Å². The molecule has 2 aromatic carbocycles. The smallest absolute Gasteiger partial charge is 0.186 e. The van der Waals surface area contributed by atoms with Crippen molar-refractivity contribution in [3.8, 4) is 0 Å². The minimum atomic E-state index is -0.517. The molecule has 0 unspecified atom stereocenters. The van der Waals surface area contributed by atoms with Gasteiger partial charge in [-0.05, 0) is 48.1 Å². The van der Waals surface area contributed by atoms with E-state index in [0.29, 0.717) is 5.56 Å². The number of rotatable bonds is 5. The van der Waals surface area contributed by atoms with Crippen molar-refractivity contribution in [3.63, 3.8) is 0 Å². The third kappa shape index (κ3) is 4.59. The Morgan fingerprint density at radius 2 is 1.50 bits per heavy atom. The van der Waals surface area contributed by atoms with Crippen LogP contribution in [0.2, 0.25) is 0 Å². The Balaban J connectivity index is 2.01. The number of ketones is 2. The van der Waals surface area contributed by atoms with Crippen LogP contribution in [0, 0.1) is 11.6 Å². The van der Waals surface area contributed by atoms with Gasteiger partial charge < -0.3 is 0 Å². The molecule has 0 atom stereocenters. The Morgan fingerprint density at radius 3 is 2.18 bits per heavy atom. The van der Waals surface area contributed by atoms with E-state index in [1.165, 1.54) is 48.6 Å². The van der Waals surface area contributed by atoms with Gasteiger partial charge in [0.1, 0.15) is 11.6 Å². The van der Waals surface area contributed by atoms with Gasteiger partial charge in [0, 0.05) is 5.56 Å². The molecule has 0 aliphatic carbocycles. The zero-order valence-electron chi connectivity index (χ0n) is 11.5. The summed E-state index contributed by atoms with van der Waals surface area (Å²) < 4.78 is 25.9. The van der Waals surface area contributed by atoms with Crippen molar-refractivity contribution in [3.05, 3.63) is 89.5 Å². The van der Waals surface area contributed by atoms with Crippen molar-refractivity contribution in [2.24, 2.45) is 0 Å². The fourth-order valence-corrected chi connectivity index (χ4v) is 1.74. The van der Waals surface area contributed by atoms with E-state index >= 15 is 0 Å². The zero-order valence-corrected chi connectivity index (χ0v) is 11.5. The summed E-state index contributed by atoms with van der Waals surface area (Å²) in [5.41, 5.74) is 0.705. The number of hydrogen-bond acceptors (Lipinski definition) is 2. The second kappa shape index (κ2) is 7.22. The SMILES string of the molecule is O=C(C=CC(=O)c1cccc(F)c1)C=Cc1cccc(F)c1. The number of carbonyl (C=O) groups excluding carboxylic acids is 2. The lowest BCUT2D eigenvalue weighted by molar-refractivity contribution is -0.110. The summed E-state index contributed by atoms with van der Waals surface area (Å²) >= 11 is 0. The highest BCUT2D eigenvalue weighted by molar-refractivity contribution is 6.10. The molecule has 0 saturated heterocycles. The molecule has 2 rings (SSSR count). The first-order chi connectivity index (χ1) is 10.5. The summed E-state index contributed by atoms with van der Waals surface area (Å²) in [5, 5.41) is 0. The molecule has 0 spiro atoms. The molecule has 110 valence electrons. The van der Waals surface area contributed by atoms with E-state index in [4.69, 9.17) is 0 Å². The molecule has 0 saturated carbocycles. The molecular formula is C18H12F2O2. The van der Waals surface area contributed by atoms with Crippen LogP contribution in [0.4, 0.5) is 8.78 Å². The molecule has 0 bridgehead atoms. The van der Waals surface area contributed by atoms with Crippen molar-refractivity contribution in [1.82, 2.24) is 0 Å². The monoisotopic (exact) mass is 298 g/mol. The van der Waals surface area contributed by atoms with Crippen LogP contribution in [-0.4, -0.2) is 11.6 Å². The first-order valence-electron chi connectivity index (χ1n) is 6.50. The zero-order chi connectivity index (χ0) is 15.9. The first-order valence-corrected chi connectivity index (χ1v) is 6.50. The predicted octanol–water partition coefficient (Wildman–Crippen LogP) is 3.99. The number of halogens is 2. The highest BCUT2D eigenvalue weighted by atomic mass is 19.1. The van der Waals surface area contributed by atoms with Crippen molar-refractivity contribution in [2.45, 2.75) is 0 Å². The van der Waals surface area contributed by atoms with Crippen molar-refractivity contribution in [1.29, 1.82) is 0 Å². The van der Waals surface area contributed by atoms with Gasteiger partial charge in [0.25, 0.3) is 0 Å². The predicted molar refractivity (Wildman–Crippen MR) is 80.3 cm³/mol. The van der Waals surface area contributed by atoms with Gasteiger partial charge >= 0.3 is 0 Å². The van der Waals surface area contributed by atoms with Gasteiger partial charge in [0.05, 0.1) is 0 Å². The largest absolute Gasteiger partial charge is 0.290 e. The van der Waals surface area contributed by atoms with Crippen LogP contribution in [0.5, 0.6) is 0 Å². The maximum Gasteiger partial charge on any atom is 0.186 e. The molecule has 0 N–H and O–H groups in total. The Hall–Kier alpha value is -2.88. The van der Waals surface area contributed by atoms with E-state index in [0.717, 1.165) is 18.2 Å². The second-order valence-electron chi connectivity index (χ2n) is 4.50. The number of carbonyl (C=O) groups is 2. The molecular weight excluding hydrogens is 286 g/mol.